The van der Waals surface area contributed by atoms with Crippen LogP contribution in [0, 0.1) is 0 Å². The Kier molecular flexibility index (Phi) is 6.99. The Bertz CT molecular complexity index is 559. The smallest absolute Gasteiger partial charge is 0.272 e. The fraction of sp³-hybridized carbons (Fsp3) is 0.588. The van der Waals surface area contributed by atoms with Gasteiger partial charge >= 0.3 is 0 Å². The lowest BCUT2D eigenvalue weighted by Gasteiger charge is -2.27. The number of likely N-dealkylation sites (N-methyl/N-ethyl adjacent to an activating group) is 1. The second kappa shape index (κ2) is 9.22. The summed E-state index contributed by atoms with van der Waals surface area (Å²) in [5.41, 5.74) is 1.19. The van der Waals surface area contributed by atoms with E-state index in [1.807, 2.05) is 11.9 Å². The first kappa shape index (κ1) is 18.2. The van der Waals surface area contributed by atoms with E-state index in [2.05, 4.69) is 17.2 Å². The molecule has 7 heteroatoms. The minimum Gasteiger partial charge on any atom is -0.378 e. The van der Waals surface area contributed by atoms with Gasteiger partial charge < -0.3 is 19.9 Å². The van der Waals surface area contributed by atoms with Gasteiger partial charge in [0.05, 0.1) is 19.8 Å². The molecule has 1 aliphatic rings. The maximum Gasteiger partial charge on any atom is 0.272 e. The lowest BCUT2D eigenvalue weighted by Crippen LogP contribution is -2.41. The van der Waals surface area contributed by atoms with Crippen LogP contribution in [0.25, 0.3) is 0 Å². The molecule has 2 rings (SSSR count). The van der Waals surface area contributed by atoms with Crippen LogP contribution in [0.2, 0.25) is 0 Å². The molecule has 24 heavy (non-hydrogen) atoms. The van der Waals surface area contributed by atoms with Gasteiger partial charge in [0.25, 0.3) is 5.91 Å². The van der Waals surface area contributed by atoms with Crippen LogP contribution in [0.4, 0.5) is 5.69 Å². The minimum atomic E-state index is -0.0963. The monoisotopic (exact) mass is 334 g/mol. The fourth-order valence-corrected chi connectivity index (χ4v) is 2.47. The number of morpholine rings is 1. The van der Waals surface area contributed by atoms with Crippen LogP contribution in [0.15, 0.2) is 18.3 Å². The number of pyridine rings is 1. The zero-order valence-corrected chi connectivity index (χ0v) is 14.5. The van der Waals surface area contributed by atoms with E-state index in [1.165, 1.54) is 0 Å². The molecule has 1 aromatic rings. The van der Waals surface area contributed by atoms with E-state index < -0.39 is 0 Å². The summed E-state index contributed by atoms with van der Waals surface area (Å²) in [5, 5.41) is 2.89. The summed E-state index contributed by atoms with van der Waals surface area (Å²) >= 11 is 0. The molecule has 1 aromatic heterocycles. The van der Waals surface area contributed by atoms with Crippen molar-refractivity contribution in [2.24, 2.45) is 0 Å². The number of hydrogen-bond acceptors (Lipinski definition) is 5. The van der Waals surface area contributed by atoms with Crippen molar-refractivity contribution in [3.05, 3.63) is 24.0 Å². The maximum atomic E-state index is 12.5. The largest absolute Gasteiger partial charge is 0.378 e. The summed E-state index contributed by atoms with van der Waals surface area (Å²) in [5.74, 6) is -0.121. The third kappa shape index (κ3) is 5.19. The number of carbonyl (C=O) groups is 2. The Labute approximate surface area is 143 Å². The van der Waals surface area contributed by atoms with E-state index in [4.69, 9.17) is 4.74 Å². The predicted molar refractivity (Wildman–Crippen MR) is 92.1 cm³/mol. The Morgan fingerprint density at radius 2 is 2.12 bits per heavy atom. The van der Waals surface area contributed by atoms with Gasteiger partial charge in [-0.3, -0.25) is 14.6 Å². The van der Waals surface area contributed by atoms with Crippen LogP contribution in [0.5, 0.6) is 0 Å². The number of anilines is 1. The maximum absolute atomic E-state index is 12.5. The number of carbonyl (C=O) groups excluding carboxylic acids is 2. The molecule has 0 aromatic carbocycles. The molecule has 1 saturated heterocycles. The highest BCUT2D eigenvalue weighted by molar-refractivity contribution is 5.93. The summed E-state index contributed by atoms with van der Waals surface area (Å²) in [6.07, 6.45) is 3.63. The number of hydrogen-bond donors (Lipinski definition) is 1. The average molecular weight is 334 g/mol. The van der Waals surface area contributed by atoms with E-state index >= 15 is 0 Å². The molecule has 1 aliphatic heterocycles. The molecule has 0 spiro atoms. The molecule has 7 nitrogen and oxygen atoms in total. The molecular formula is C17H26N4O3. The second-order valence-electron chi connectivity index (χ2n) is 5.86. The number of nitrogens with one attached hydrogen (secondary N) is 1. The highest BCUT2D eigenvalue weighted by atomic mass is 16.5. The Hall–Kier alpha value is -2.15. The van der Waals surface area contributed by atoms with Crippen molar-refractivity contribution in [1.29, 1.82) is 0 Å². The minimum absolute atomic E-state index is 0.0242. The fourth-order valence-electron chi connectivity index (χ4n) is 2.47. The van der Waals surface area contributed by atoms with Crippen LogP contribution in [0.1, 0.15) is 30.3 Å². The molecule has 0 saturated carbocycles. The number of amides is 2. The second-order valence-corrected chi connectivity index (χ2v) is 5.86. The molecule has 2 heterocycles. The van der Waals surface area contributed by atoms with Crippen LogP contribution >= 0.6 is 0 Å². The first-order valence-corrected chi connectivity index (χ1v) is 8.42. The van der Waals surface area contributed by atoms with Crippen molar-refractivity contribution in [2.75, 3.05) is 51.3 Å². The van der Waals surface area contributed by atoms with Crippen LogP contribution in [-0.2, 0) is 9.53 Å². The highest BCUT2D eigenvalue weighted by Gasteiger charge is 2.20. The molecule has 0 aliphatic carbocycles. The Morgan fingerprint density at radius 1 is 1.38 bits per heavy atom. The number of aromatic nitrogens is 1. The Morgan fingerprint density at radius 3 is 2.83 bits per heavy atom. The molecule has 0 radical (unpaired) electrons. The van der Waals surface area contributed by atoms with Crippen molar-refractivity contribution in [2.45, 2.75) is 19.8 Å². The zero-order valence-electron chi connectivity index (χ0n) is 14.5. The SMILES string of the molecule is CCCCNC(=O)CN(C)c1ccnc(C(=O)N2CCOCC2)c1. The molecule has 132 valence electrons. The van der Waals surface area contributed by atoms with Crippen molar-refractivity contribution < 1.29 is 14.3 Å². The van der Waals surface area contributed by atoms with Crippen LogP contribution in [-0.4, -0.2) is 68.1 Å². The van der Waals surface area contributed by atoms with Gasteiger partial charge in [-0.05, 0) is 18.6 Å². The van der Waals surface area contributed by atoms with E-state index in [-0.39, 0.29) is 18.4 Å². The van der Waals surface area contributed by atoms with E-state index in [1.54, 1.807) is 23.2 Å². The van der Waals surface area contributed by atoms with Gasteiger partial charge in [-0.1, -0.05) is 13.3 Å². The van der Waals surface area contributed by atoms with Gasteiger partial charge in [0.1, 0.15) is 5.69 Å². The van der Waals surface area contributed by atoms with Gasteiger partial charge in [-0.15, -0.1) is 0 Å². The number of nitrogens with zero attached hydrogens (tertiary/aromatic N) is 3. The lowest BCUT2D eigenvalue weighted by atomic mass is 10.2. The first-order valence-electron chi connectivity index (χ1n) is 8.42. The standard InChI is InChI=1S/C17H26N4O3/c1-3-4-6-19-16(22)13-20(2)14-5-7-18-15(12-14)17(23)21-8-10-24-11-9-21/h5,7,12H,3-4,6,8-11,13H2,1-2H3,(H,19,22). The third-order valence-corrected chi connectivity index (χ3v) is 3.93. The van der Waals surface area contributed by atoms with Crippen molar-refractivity contribution >= 4 is 17.5 Å². The van der Waals surface area contributed by atoms with Crippen molar-refractivity contribution in [3.63, 3.8) is 0 Å². The third-order valence-electron chi connectivity index (χ3n) is 3.93. The van der Waals surface area contributed by atoms with Crippen molar-refractivity contribution in [3.8, 4) is 0 Å². The summed E-state index contributed by atoms with van der Waals surface area (Å²) in [6, 6.07) is 3.53. The average Bonchev–Trinajstić information content (AvgIpc) is 2.62. The van der Waals surface area contributed by atoms with E-state index in [9.17, 15) is 9.59 Å². The van der Waals surface area contributed by atoms with Gasteiger partial charge in [0.2, 0.25) is 5.91 Å². The molecule has 0 atom stereocenters. The van der Waals surface area contributed by atoms with Gasteiger partial charge in [-0.2, -0.15) is 0 Å². The summed E-state index contributed by atoms with van der Waals surface area (Å²) < 4.78 is 5.26. The normalized spacial score (nSPS) is 14.3. The lowest BCUT2D eigenvalue weighted by molar-refractivity contribution is -0.119. The molecule has 0 bridgehead atoms. The van der Waals surface area contributed by atoms with Gasteiger partial charge in [-0.25, -0.2) is 0 Å². The molecule has 0 unspecified atom stereocenters. The number of unbranched alkanes of at least 4 members (excludes halogenated alkanes) is 1. The number of ether oxygens (including phenoxy) is 1. The summed E-state index contributed by atoms with van der Waals surface area (Å²) in [6.45, 7) is 5.31. The summed E-state index contributed by atoms with van der Waals surface area (Å²) in [4.78, 5) is 32.1. The molecule has 1 N–H and O–H groups in total. The van der Waals surface area contributed by atoms with E-state index in [0.717, 1.165) is 18.5 Å². The predicted octanol–water partition coefficient (Wildman–Crippen LogP) is 0.907. The van der Waals surface area contributed by atoms with Gasteiger partial charge in [0, 0.05) is 38.6 Å². The van der Waals surface area contributed by atoms with Crippen LogP contribution < -0.4 is 10.2 Å². The summed E-state index contributed by atoms with van der Waals surface area (Å²) in [7, 11) is 1.83. The molecule has 1 fully saturated rings. The van der Waals surface area contributed by atoms with Gasteiger partial charge in [0.15, 0.2) is 0 Å². The zero-order chi connectivity index (χ0) is 17.4. The highest BCUT2D eigenvalue weighted by Crippen LogP contribution is 2.14. The number of rotatable bonds is 7. The van der Waals surface area contributed by atoms with Crippen LogP contribution in [0.3, 0.4) is 0 Å². The topological polar surface area (TPSA) is 74.8 Å². The van der Waals surface area contributed by atoms with Crippen molar-refractivity contribution in [1.82, 2.24) is 15.2 Å². The molecule has 2 amide bonds. The molecular weight excluding hydrogens is 308 g/mol. The van der Waals surface area contributed by atoms with E-state index in [0.29, 0.717) is 38.5 Å². The first-order chi connectivity index (χ1) is 11.6. The quantitative estimate of drug-likeness (QED) is 0.750. The Balaban J connectivity index is 1.95.